The Labute approximate surface area is 133 Å². The van der Waals surface area contributed by atoms with E-state index in [1.807, 2.05) is 6.07 Å². The van der Waals surface area contributed by atoms with Crippen LogP contribution in [-0.2, 0) is 27.1 Å². The highest BCUT2D eigenvalue weighted by Crippen LogP contribution is 2.28. The van der Waals surface area contributed by atoms with Crippen molar-refractivity contribution >= 4 is 11.8 Å². The lowest BCUT2D eigenvalue weighted by Gasteiger charge is -2.21. The molecule has 0 bridgehead atoms. The summed E-state index contributed by atoms with van der Waals surface area (Å²) < 4.78 is 15.8. The van der Waals surface area contributed by atoms with Gasteiger partial charge in [0.1, 0.15) is 5.69 Å². The predicted octanol–water partition coefficient (Wildman–Crippen LogP) is 2.18. The van der Waals surface area contributed by atoms with Gasteiger partial charge in [0.15, 0.2) is 6.10 Å². The van der Waals surface area contributed by atoms with Gasteiger partial charge in [0.25, 0.3) is 5.91 Å². The van der Waals surface area contributed by atoms with Gasteiger partial charge in [-0.15, -0.1) is 0 Å². The molecule has 2 aliphatic rings. The van der Waals surface area contributed by atoms with Crippen molar-refractivity contribution in [3.05, 3.63) is 35.4 Å². The number of fused-ring (bicyclic) bond motifs is 1. The molecule has 2 heterocycles. The molecule has 1 N–H and O–H groups in total. The van der Waals surface area contributed by atoms with Crippen LogP contribution in [0.15, 0.2) is 28.8 Å². The number of nitrogens with zero attached hydrogens (tertiary/aromatic N) is 1. The van der Waals surface area contributed by atoms with E-state index in [0.29, 0.717) is 19.1 Å². The summed E-state index contributed by atoms with van der Waals surface area (Å²) in [6.07, 6.45) is 2.88. The number of ether oxygens (including phenoxy) is 2. The minimum absolute atomic E-state index is 0.262. The van der Waals surface area contributed by atoms with E-state index in [-0.39, 0.29) is 12.5 Å². The van der Waals surface area contributed by atoms with E-state index in [2.05, 4.69) is 22.6 Å². The second-order valence-electron chi connectivity index (χ2n) is 5.84. The van der Waals surface area contributed by atoms with Gasteiger partial charge < -0.3 is 14.0 Å². The Hall–Kier alpha value is -2.18. The van der Waals surface area contributed by atoms with Crippen LogP contribution in [0.25, 0.3) is 11.3 Å². The number of anilines is 1. The zero-order valence-electron chi connectivity index (χ0n) is 12.7. The van der Waals surface area contributed by atoms with Gasteiger partial charge in [0.2, 0.25) is 5.88 Å². The van der Waals surface area contributed by atoms with Crippen molar-refractivity contribution in [1.82, 2.24) is 5.16 Å². The number of benzene rings is 1. The first-order valence-corrected chi connectivity index (χ1v) is 7.89. The summed E-state index contributed by atoms with van der Waals surface area (Å²) in [6.45, 7) is 1.21. The topological polar surface area (TPSA) is 73.6 Å². The summed E-state index contributed by atoms with van der Waals surface area (Å²) in [4.78, 5) is 12.1. The quantitative estimate of drug-likeness (QED) is 0.940. The van der Waals surface area contributed by atoms with Crippen molar-refractivity contribution in [1.29, 1.82) is 0 Å². The normalized spacial score (nSPS) is 20.3. The molecule has 0 radical (unpaired) electrons. The Balaban J connectivity index is 1.47. The summed E-state index contributed by atoms with van der Waals surface area (Å²) >= 11 is 0. The second-order valence-corrected chi connectivity index (χ2v) is 5.84. The molecule has 2 aromatic rings. The number of carbonyl (C=O) groups is 1. The van der Waals surface area contributed by atoms with Crippen LogP contribution in [0.1, 0.15) is 17.5 Å². The Morgan fingerprint density at radius 3 is 2.96 bits per heavy atom. The molecule has 1 aliphatic carbocycles. The number of carbonyl (C=O) groups excluding carboxylic acids is 1. The lowest BCUT2D eigenvalue weighted by Crippen LogP contribution is -2.38. The minimum atomic E-state index is -0.600. The highest BCUT2D eigenvalue weighted by molar-refractivity contribution is 5.93. The second kappa shape index (κ2) is 6.14. The molecule has 4 rings (SSSR count). The first-order valence-electron chi connectivity index (χ1n) is 7.89. The zero-order valence-corrected chi connectivity index (χ0v) is 12.7. The van der Waals surface area contributed by atoms with Gasteiger partial charge in [0, 0.05) is 11.6 Å². The molecule has 0 saturated carbocycles. The van der Waals surface area contributed by atoms with Crippen molar-refractivity contribution in [3.8, 4) is 11.3 Å². The van der Waals surface area contributed by atoms with Crippen molar-refractivity contribution in [2.75, 3.05) is 25.1 Å². The average molecular weight is 314 g/mol. The van der Waals surface area contributed by atoms with Crippen LogP contribution in [0.3, 0.4) is 0 Å². The third kappa shape index (κ3) is 3.00. The average Bonchev–Trinajstić information content (AvgIpc) is 3.23. The van der Waals surface area contributed by atoms with E-state index in [4.69, 9.17) is 14.0 Å². The minimum Gasteiger partial charge on any atom is -0.376 e. The largest absolute Gasteiger partial charge is 0.376 e. The van der Waals surface area contributed by atoms with Crippen LogP contribution in [0.5, 0.6) is 0 Å². The van der Waals surface area contributed by atoms with Gasteiger partial charge >= 0.3 is 0 Å². The lowest BCUT2D eigenvalue weighted by atomic mass is 10.0. The van der Waals surface area contributed by atoms with Crippen LogP contribution >= 0.6 is 0 Å². The van der Waals surface area contributed by atoms with Crippen LogP contribution in [0.4, 0.5) is 5.88 Å². The fourth-order valence-electron chi connectivity index (χ4n) is 3.04. The summed E-state index contributed by atoms with van der Waals surface area (Å²) in [7, 11) is 0. The summed E-state index contributed by atoms with van der Waals surface area (Å²) in [5.41, 5.74) is 4.52. The number of aromatic nitrogens is 1. The molecule has 1 atom stereocenters. The number of hydrogen-bond donors (Lipinski definition) is 1. The molecule has 120 valence electrons. The summed E-state index contributed by atoms with van der Waals surface area (Å²) in [5.74, 6) is 0.0426. The number of nitrogens with one attached hydrogen (secondary N) is 1. The fourth-order valence-corrected chi connectivity index (χ4v) is 3.04. The molecule has 1 aromatic heterocycles. The van der Waals surface area contributed by atoms with E-state index in [9.17, 15) is 4.79 Å². The third-order valence-corrected chi connectivity index (χ3v) is 4.26. The molecule has 1 amide bonds. The molecule has 23 heavy (non-hydrogen) atoms. The molecule has 0 unspecified atom stereocenters. The Bertz CT molecular complexity index is 719. The molecular weight excluding hydrogens is 296 g/mol. The van der Waals surface area contributed by atoms with Gasteiger partial charge in [-0.3, -0.25) is 10.1 Å². The Kier molecular flexibility index (Phi) is 3.85. The van der Waals surface area contributed by atoms with E-state index in [1.165, 1.54) is 17.5 Å². The maximum Gasteiger partial charge on any atom is 0.258 e. The summed E-state index contributed by atoms with van der Waals surface area (Å²) in [6, 6.07) is 8.09. The maximum atomic E-state index is 12.1. The van der Waals surface area contributed by atoms with Gasteiger partial charge in [-0.25, -0.2) is 0 Å². The van der Waals surface area contributed by atoms with Crippen LogP contribution in [-0.4, -0.2) is 37.0 Å². The molecule has 1 fully saturated rings. The van der Waals surface area contributed by atoms with E-state index in [1.54, 1.807) is 6.07 Å². The highest BCUT2D eigenvalue weighted by atomic mass is 16.6. The van der Waals surface area contributed by atoms with Gasteiger partial charge in [-0.1, -0.05) is 17.3 Å². The van der Waals surface area contributed by atoms with E-state index in [0.717, 1.165) is 24.1 Å². The molecule has 1 saturated heterocycles. The van der Waals surface area contributed by atoms with Crippen molar-refractivity contribution < 1.29 is 18.8 Å². The first-order chi connectivity index (χ1) is 11.3. The number of hydrogen-bond acceptors (Lipinski definition) is 5. The number of aryl methyl sites for hydroxylation is 2. The van der Waals surface area contributed by atoms with Crippen molar-refractivity contribution in [2.24, 2.45) is 0 Å². The molecule has 6 heteroatoms. The standard InChI is InChI=1S/C17H18N2O4/c20-17(15-10-21-6-7-22-15)18-16-9-14(19-23-16)13-5-4-11-2-1-3-12(11)8-13/h4-5,8-9,15H,1-3,6-7,10H2,(H,18,20)/t15-/m1/s1. The van der Waals surface area contributed by atoms with Crippen molar-refractivity contribution in [2.45, 2.75) is 25.4 Å². The Morgan fingerprint density at radius 1 is 1.17 bits per heavy atom. The third-order valence-electron chi connectivity index (χ3n) is 4.26. The van der Waals surface area contributed by atoms with Crippen molar-refractivity contribution in [3.63, 3.8) is 0 Å². The SMILES string of the molecule is O=C(Nc1cc(-c2ccc3c(c2)CCC3)no1)[C@H]1COCCO1. The van der Waals surface area contributed by atoms with Gasteiger partial charge in [0.05, 0.1) is 19.8 Å². The molecule has 0 spiro atoms. The van der Waals surface area contributed by atoms with Gasteiger partial charge in [-0.2, -0.15) is 0 Å². The van der Waals surface area contributed by atoms with E-state index >= 15 is 0 Å². The van der Waals surface area contributed by atoms with Crippen LogP contribution in [0, 0.1) is 0 Å². The summed E-state index contributed by atoms with van der Waals surface area (Å²) in [5, 5.41) is 6.73. The number of rotatable bonds is 3. The first kappa shape index (κ1) is 14.4. The molecule has 1 aromatic carbocycles. The predicted molar refractivity (Wildman–Crippen MR) is 83.2 cm³/mol. The van der Waals surface area contributed by atoms with Crippen LogP contribution < -0.4 is 5.32 Å². The highest BCUT2D eigenvalue weighted by Gasteiger charge is 2.24. The maximum absolute atomic E-state index is 12.1. The molecular formula is C17H18N2O4. The zero-order chi connectivity index (χ0) is 15.6. The Morgan fingerprint density at radius 2 is 2.09 bits per heavy atom. The molecule has 6 nitrogen and oxygen atoms in total. The monoisotopic (exact) mass is 314 g/mol. The van der Waals surface area contributed by atoms with Gasteiger partial charge in [-0.05, 0) is 36.5 Å². The fraction of sp³-hybridized carbons (Fsp3) is 0.412. The van der Waals surface area contributed by atoms with Crippen LogP contribution in [0.2, 0.25) is 0 Å². The molecule has 1 aliphatic heterocycles. The van der Waals surface area contributed by atoms with E-state index < -0.39 is 6.10 Å². The number of amides is 1. The smallest absolute Gasteiger partial charge is 0.258 e. The lowest BCUT2D eigenvalue weighted by molar-refractivity contribution is -0.142.